The summed E-state index contributed by atoms with van der Waals surface area (Å²) in [4.78, 5) is 16.3. The zero-order valence-electron chi connectivity index (χ0n) is 21.5. The van der Waals surface area contributed by atoms with Crippen molar-refractivity contribution in [2.24, 2.45) is 0 Å². The quantitative estimate of drug-likeness (QED) is 0.207. The zero-order valence-corrected chi connectivity index (χ0v) is 23.1. The number of carbonyl (C=O) groups is 1. The van der Waals surface area contributed by atoms with E-state index in [0.717, 1.165) is 44.4 Å². The lowest BCUT2D eigenvalue weighted by molar-refractivity contribution is 0.0981. The first kappa shape index (κ1) is 26.5. The Morgan fingerprint density at radius 2 is 1.59 bits per heavy atom. The van der Waals surface area contributed by atoms with Crippen LogP contribution in [0.4, 0.5) is 0 Å². The molecule has 0 aliphatic carbocycles. The summed E-state index contributed by atoms with van der Waals surface area (Å²) in [5.41, 5.74) is 7.06. The lowest BCUT2D eigenvalue weighted by atomic mass is 9.99. The van der Waals surface area contributed by atoms with E-state index in [1.807, 2.05) is 74.5 Å². The average Bonchev–Trinajstić information content (AvgIpc) is 3.23. The Balaban J connectivity index is 1.39. The second kappa shape index (κ2) is 10.9. The minimum absolute atomic E-state index is 0.0393. The molecule has 39 heavy (non-hydrogen) atoms. The number of benzene rings is 4. The second-order valence-electron chi connectivity index (χ2n) is 9.51. The fourth-order valence-corrected chi connectivity index (χ4v) is 5.70. The predicted molar refractivity (Wildman–Crippen MR) is 158 cm³/mol. The van der Waals surface area contributed by atoms with Gasteiger partial charge in [-0.2, -0.15) is 0 Å². The number of rotatable bonds is 7. The Morgan fingerprint density at radius 3 is 2.31 bits per heavy atom. The number of carbonyl (C=O) groups excluding carboxylic acids is 1. The third-order valence-electron chi connectivity index (χ3n) is 6.65. The number of hydrogen-bond acceptors (Lipinski definition) is 3. The van der Waals surface area contributed by atoms with Crippen LogP contribution in [0.5, 0.6) is 0 Å². The van der Waals surface area contributed by atoms with Crippen LogP contribution in [0.3, 0.4) is 0 Å². The molecule has 2 N–H and O–H groups in total. The lowest BCUT2D eigenvalue weighted by Gasteiger charge is -2.09. The van der Waals surface area contributed by atoms with Gasteiger partial charge in [-0.1, -0.05) is 83.9 Å². The van der Waals surface area contributed by atoms with Crippen LogP contribution in [-0.2, 0) is 16.4 Å². The summed E-state index contributed by atoms with van der Waals surface area (Å²) in [6, 6.07) is 27.5. The summed E-state index contributed by atoms with van der Waals surface area (Å²) in [5.74, 6) is -0.685. The third-order valence-corrected chi connectivity index (χ3v) is 8.35. The van der Waals surface area contributed by atoms with Crippen LogP contribution in [0.25, 0.3) is 23.1 Å². The molecule has 196 valence electrons. The average molecular weight is 555 g/mol. The van der Waals surface area contributed by atoms with Gasteiger partial charge < -0.3 is 4.98 Å². The lowest BCUT2D eigenvalue weighted by Crippen LogP contribution is -2.30. The molecule has 7 heteroatoms. The van der Waals surface area contributed by atoms with Crippen LogP contribution >= 0.6 is 11.6 Å². The molecular weight excluding hydrogens is 528 g/mol. The Bertz CT molecular complexity index is 1810. The van der Waals surface area contributed by atoms with Gasteiger partial charge in [0.05, 0.1) is 4.90 Å². The van der Waals surface area contributed by atoms with Gasteiger partial charge in [0.1, 0.15) is 0 Å². The zero-order chi connectivity index (χ0) is 27.6. The first-order valence-electron chi connectivity index (χ1n) is 12.5. The maximum atomic E-state index is 12.9. The molecule has 0 atom stereocenters. The van der Waals surface area contributed by atoms with Crippen molar-refractivity contribution in [3.8, 4) is 0 Å². The van der Waals surface area contributed by atoms with Gasteiger partial charge in [-0.3, -0.25) is 4.79 Å². The number of aryl methyl sites for hydroxylation is 2. The Labute approximate surface area is 233 Å². The summed E-state index contributed by atoms with van der Waals surface area (Å²) in [5, 5.41) is 1.49. The van der Waals surface area contributed by atoms with Crippen molar-refractivity contribution < 1.29 is 13.2 Å². The number of aromatic amines is 1. The first-order chi connectivity index (χ1) is 18.7. The van der Waals surface area contributed by atoms with Crippen molar-refractivity contribution in [1.29, 1.82) is 0 Å². The SMILES string of the molecule is Cc1ccc(S(=O)(=O)NC(=O)c2ccc3[nH]c(C)c(Cc4ccc(/C=C/c5ccccc5)cc4Cl)c3c2)cc1. The smallest absolute Gasteiger partial charge is 0.265 e. The molecule has 5 aromatic rings. The van der Waals surface area contributed by atoms with Crippen molar-refractivity contribution in [3.05, 3.63) is 135 Å². The molecule has 1 aromatic heterocycles. The molecular formula is C32H27ClN2O3S. The van der Waals surface area contributed by atoms with E-state index in [1.165, 1.54) is 12.1 Å². The van der Waals surface area contributed by atoms with E-state index >= 15 is 0 Å². The molecule has 5 rings (SSSR count). The molecule has 0 aliphatic heterocycles. The standard InChI is InChI=1S/C32H27ClN2O3S/c1-21-8-15-27(16-9-21)39(37,38)35-32(36)26-14-17-31-29(20-26)28(22(2)34-31)19-25-13-12-24(18-30(25)33)11-10-23-6-4-3-5-7-23/h3-18,20,34H,19H2,1-2H3,(H,35,36)/b11-10+. The maximum Gasteiger partial charge on any atom is 0.265 e. The molecule has 0 radical (unpaired) electrons. The molecule has 1 heterocycles. The minimum atomic E-state index is -3.99. The monoisotopic (exact) mass is 554 g/mol. The van der Waals surface area contributed by atoms with Gasteiger partial charge in [-0.05, 0) is 72.5 Å². The second-order valence-corrected chi connectivity index (χ2v) is 11.6. The number of fused-ring (bicyclic) bond motifs is 1. The largest absolute Gasteiger partial charge is 0.358 e. The van der Waals surface area contributed by atoms with Crippen LogP contribution in [0.2, 0.25) is 5.02 Å². The summed E-state index contributed by atoms with van der Waals surface area (Å²) in [6.45, 7) is 3.84. The van der Waals surface area contributed by atoms with Crippen LogP contribution in [0.15, 0.2) is 95.9 Å². The molecule has 0 saturated heterocycles. The normalized spacial score (nSPS) is 11.8. The number of hydrogen-bond donors (Lipinski definition) is 2. The van der Waals surface area contributed by atoms with Gasteiger partial charge in [0.2, 0.25) is 0 Å². The van der Waals surface area contributed by atoms with E-state index in [0.29, 0.717) is 11.4 Å². The van der Waals surface area contributed by atoms with Crippen LogP contribution in [-0.4, -0.2) is 19.3 Å². The van der Waals surface area contributed by atoms with E-state index < -0.39 is 15.9 Å². The Hall–Kier alpha value is -4.13. The number of sulfonamides is 1. The van der Waals surface area contributed by atoms with Crippen molar-refractivity contribution in [3.63, 3.8) is 0 Å². The van der Waals surface area contributed by atoms with Crippen molar-refractivity contribution >= 4 is 50.6 Å². The topological polar surface area (TPSA) is 79.0 Å². The molecule has 0 unspecified atom stereocenters. The fourth-order valence-electron chi connectivity index (χ4n) is 4.47. The van der Waals surface area contributed by atoms with Crippen LogP contribution in [0, 0.1) is 13.8 Å². The fraction of sp³-hybridized carbons (Fsp3) is 0.0938. The number of halogens is 1. The molecule has 1 amide bonds. The maximum absolute atomic E-state index is 12.9. The van der Waals surface area contributed by atoms with Crippen molar-refractivity contribution in [2.45, 2.75) is 25.2 Å². The van der Waals surface area contributed by atoms with Gasteiger partial charge >= 0.3 is 0 Å². The van der Waals surface area contributed by atoms with Crippen LogP contribution < -0.4 is 4.72 Å². The first-order valence-corrected chi connectivity index (χ1v) is 14.3. The van der Waals surface area contributed by atoms with Gasteiger partial charge in [-0.15, -0.1) is 0 Å². The highest BCUT2D eigenvalue weighted by atomic mass is 35.5. The molecule has 5 nitrogen and oxygen atoms in total. The number of H-pyrrole nitrogens is 1. The van der Waals surface area contributed by atoms with Crippen LogP contribution in [0.1, 0.15) is 43.9 Å². The van der Waals surface area contributed by atoms with E-state index in [9.17, 15) is 13.2 Å². The van der Waals surface area contributed by atoms with Crippen molar-refractivity contribution in [2.75, 3.05) is 0 Å². The minimum Gasteiger partial charge on any atom is -0.358 e. The highest BCUT2D eigenvalue weighted by molar-refractivity contribution is 7.90. The summed E-state index contributed by atoms with van der Waals surface area (Å²) < 4.78 is 27.7. The molecule has 0 aliphatic rings. The van der Waals surface area contributed by atoms with Gasteiger partial charge in [0.15, 0.2) is 0 Å². The van der Waals surface area contributed by atoms with Gasteiger partial charge in [0.25, 0.3) is 15.9 Å². The Kier molecular flexibility index (Phi) is 7.42. The number of nitrogens with one attached hydrogen (secondary N) is 2. The molecule has 0 saturated carbocycles. The molecule has 4 aromatic carbocycles. The van der Waals surface area contributed by atoms with Crippen molar-refractivity contribution in [1.82, 2.24) is 9.71 Å². The van der Waals surface area contributed by atoms with E-state index in [2.05, 4.69) is 9.71 Å². The highest BCUT2D eigenvalue weighted by Crippen LogP contribution is 2.29. The molecule has 0 fully saturated rings. The summed E-state index contributed by atoms with van der Waals surface area (Å²) in [6.07, 6.45) is 4.62. The number of aromatic nitrogens is 1. The number of amides is 1. The summed E-state index contributed by atoms with van der Waals surface area (Å²) in [7, 11) is -3.99. The van der Waals surface area contributed by atoms with Gasteiger partial charge in [0, 0.05) is 33.6 Å². The van der Waals surface area contributed by atoms with E-state index in [-0.39, 0.29) is 10.5 Å². The predicted octanol–water partition coefficient (Wildman–Crippen LogP) is 7.32. The van der Waals surface area contributed by atoms with E-state index in [1.54, 1.807) is 30.3 Å². The van der Waals surface area contributed by atoms with E-state index in [4.69, 9.17) is 11.6 Å². The molecule has 0 spiro atoms. The summed E-state index contributed by atoms with van der Waals surface area (Å²) >= 11 is 6.68. The highest BCUT2D eigenvalue weighted by Gasteiger charge is 2.20. The molecule has 0 bridgehead atoms. The van der Waals surface area contributed by atoms with Gasteiger partial charge in [-0.25, -0.2) is 13.1 Å². The Morgan fingerprint density at radius 1 is 0.872 bits per heavy atom. The third kappa shape index (κ3) is 5.98.